The summed E-state index contributed by atoms with van der Waals surface area (Å²) >= 11 is 0. The molecule has 0 amide bonds. The average Bonchev–Trinajstić information content (AvgIpc) is 3.01. The standard InChI is InChI=1S/C34H32F6O3/c1-3-42-27-17-16-26(32(39)33(27)40)25-15-14-24(30(37)31(25)38)19-5-7-21(8-6-19)34(41)43-22-11-9-20(10-12-22)23-13-4-18(2)28(35)29(23)36/h4,9,13-17,19,21-22H,3,5-8,10-12H2,1-2H3. The normalized spacial score (nSPS) is 20.5. The number of allylic oxidation sites excluding steroid dienone is 1. The highest BCUT2D eigenvalue weighted by Crippen LogP contribution is 2.41. The molecule has 0 N–H and O–H groups in total. The van der Waals surface area contributed by atoms with Crippen LogP contribution in [0.5, 0.6) is 5.75 Å². The number of carbonyl (C=O) groups excluding carboxylic acids is 1. The molecule has 1 atom stereocenters. The molecule has 3 aromatic rings. The molecule has 228 valence electrons. The molecular formula is C34H32F6O3. The van der Waals surface area contributed by atoms with E-state index < -0.39 is 51.9 Å². The molecule has 0 spiro atoms. The van der Waals surface area contributed by atoms with Gasteiger partial charge in [0, 0.05) is 23.1 Å². The van der Waals surface area contributed by atoms with Crippen LogP contribution in [0, 0.1) is 47.7 Å². The monoisotopic (exact) mass is 602 g/mol. The van der Waals surface area contributed by atoms with Gasteiger partial charge in [0.25, 0.3) is 0 Å². The number of esters is 1. The molecular weight excluding hydrogens is 570 g/mol. The molecule has 43 heavy (non-hydrogen) atoms. The minimum atomic E-state index is -1.32. The van der Waals surface area contributed by atoms with E-state index in [-0.39, 0.29) is 47.0 Å². The molecule has 0 heterocycles. The number of hydrogen-bond acceptors (Lipinski definition) is 3. The van der Waals surface area contributed by atoms with Crippen molar-refractivity contribution in [1.29, 1.82) is 0 Å². The second-order valence-electron chi connectivity index (χ2n) is 11.2. The first-order valence-corrected chi connectivity index (χ1v) is 14.5. The van der Waals surface area contributed by atoms with Crippen molar-refractivity contribution in [2.75, 3.05) is 6.61 Å². The quantitative estimate of drug-likeness (QED) is 0.200. The van der Waals surface area contributed by atoms with E-state index in [0.717, 1.165) is 6.07 Å². The van der Waals surface area contributed by atoms with Gasteiger partial charge in [0.1, 0.15) is 6.10 Å². The predicted molar refractivity (Wildman–Crippen MR) is 150 cm³/mol. The molecule has 5 rings (SSSR count). The van der Waals surface area contributed by atoms with E-state index in [1.807, 2.05) is 0 Å². The topological polar surface area (TPSA) is 35.5 Å². The SMILES string of the molecule is CCOc1ccc(-c2ccc(C3CCC(C(=O)OC4CC=C(c5ccc(C)c(F)c5F)CC4)CC3)c(F)c2F)c(F)c1F. The highest BCUT2D eigenvalue weighted by atomic mass is 19.2. The van der Waals surface area contributed by atoms with Crippen molar-refractivity contribution >= 4 is 11.5 Å². The van der Waals surface area contributed by atoms with Crippen LogP contribution < -0.4 is 4.74 Å². The third-order valence-electron chi connectivity index (χ3n) is 8.52. The molecule has 1 saturated carbocycles. The lowest BCUT2D eigenvalue weighted by molar-refractivity contribution is -0.155. The average molecular weight is 603 g/mol. The van der Waals surface area contributed by atoms with Crippen LogP contribution in [0.1, 0.15) is 74.5 Å². The first-order valence-electron chi connectivity index (χ1n) is 14.5. The highest BCUT2D eigenvalue weighted by Gasteiger charge is 2.32. The van der Waals surface area contributed by atoms with Gasteiger partial charge in [-0.25, -0.2) is 22.0 Å². The highest BCUT2D eigenvalue weighted by molar-refractivity contribution is 5.73. The summed E-state index contributed by atoms with van der Waals surface area (Å²) in [5, 5.41) is 0. The minimum Gasteiger partial charge on any atom is -0.491 e. The zero-order chi connectivity index (χ0) is 30.8. The van der Waals surface area contributed by atoms with E-state index in [0.29, 0.717) is 50.5 Å². The van der Waals surface area contributed by atoms with Crippen LogP contribution in [0.4, 0.5) is 26.3 Å². The fourth-order valence-electron chi connectivity index (χ4n) is 6.05. The number of hydrogen-bond donors (Lipinski definition) is 0. The molecule has 2 aliphatic rings. The Balaban J connectivity index is 1.19. The van der Waals surface area contributed by atoms with Gasteiger partial charge in [-0.2, -0.15) is 4.39 Å². The van der Waals surface area contributed by atoms with Crippen molar-refractivity contribution in [2.24, 2.45) is 5.92 Å². The van der Waals surface area contributed by atoms with Crippen molar-refractivity contribution in [2.45, 2.75) is 70.8 Å². The Labute approximate surface area is 246 Å². The van der Waals surface area contributed by atoms with Crippen LogP contribution in [0.15, 0.2) is 42.5 Å². The predicted octanol–water partition coefficient (Wildman–Crippen LogP) is 9.35. The van der Waals surface area contributed by atoms with Gasteiger partial charge < -0.3 is 9.47 Å². The summed E-state index contributed by atoms with van der Waals surface area (Å²) in [5.41, 5.74) is 0.471. The zero-order valence-electron chi connectivity index (χ0n) is 23.9. The van der Waals surface area contributed by atoms with Crippen LogP contribution in [-0.4, -0.2) is 18.7 Å². The van der Waals surface area contributed by atoms with Gasteiger partial charge in [-0.05, 0) is 87.1 Å². The summed E-state index contributed by atoms with van der Waals surface area (Å²) < 4.78 is 98.4. The van der Waals surface area contributed by atoms with Crippen LogP contribution >= 0.6 is 0 Å². The van der Waals surface area contributed by atoms with Gasteiger partial charge in [-0.15, -0.1) is 0 Å². The van der Waals surface area contributed by atoms with E-state index >= 15 is 8.78 Å². The van der Waals surface area contributed by atoms with Crippen LogP contribution in [0.3, 0.4) is 0 Å². The van der Waals surface area contributed by atoms with Crippen LogP contribution in [-0.2, 0) is 9.53 Å². The maximum Gasteiger partial charge on any atom is 0.309 e. The lowest BCUT2D eigenvalue weighted by Gasteiger charge is -2.30. The molecule has 0 saturated heterocycles. The Kier molecular flexibility index (Phi) is 9.18. The van der Waals surface area contributed by atoms with Gasteiger partial charge in [-0.1, -0.05) is 30.3 Å². The zero-order valence-corrected chi connectivity index (χ0v) is 23.9. The molecule has 0 aromatic heterocycles. The molecule has 0 bridgehead atoms. The van der Waals surface area contributed by atoms with E-state index in [9.17, 15) is 22.4 Å². The number of benzene rings is 3. The summed E-state index contributed by atoms with van der Waals surface area (Å²) in [6.45, 7) is 3.23. The van der Waals surface area contributed by atoms with Crippen molar-refractivity contribution in [3.8, 4) is 16.9 Å². The fourth-order valence-corrected chi connectivity index (χ4v) is 6.05. The van der Waals surface area contributed by atoms with Gasteiger partial charge >= 0.3 is 5.97 Å². The molecule has 1 unspecified atom stereocenters. The fraction of sp³-hybridized carbons (Fsp3) is 0.382. The molecule has 3 aromatic carbocycles. The van der Waals surface area contributed by atoms with Gasteiger partial charge in [-0.3, -0.25) is 4.79 Å². The lowest BCUT2D eigenvalue weighted by atomic mass is 9.78. The van der Waals surface area contributed by atoms with E-state index in [1.54, 1.807) is 19.1 Å². The number of rotatable bonds is 7. The summed E-state index contributed by atoms with van der Waals surface area (Å²) in [5.74, 6) is -8.12. The molecule has 0 aliphatic heterocycles. The third kappa shape index (κ3) is 6.17. The summed E-state index contributed by atoms with van der Waals surface area (Å²) in [6.07, 6.45) is 4.42. The number of aryl methyl sites for hydroxylation is 1. The van der Waals surface area contributed by atoms with Crippen LogP contribution in [0.25, 0.3) is 16.7 Å². The van der Waals surface area contributed by atoms with E-state index in [1.165, 1.54) is 31.2 Å². The number of halogens is 6. The van der Waals surface area contributed by atoms with E-state index in [4.69, 9.17) is 9.47 Å². The van der Waals surface area contributed by atoms with Crippen molar-refractivity contribution in [3.63, 3.8) is 0 Å². The van der Waals surface area contributed by atoms with Gasteiger partial charge in [0.15, 0.2) is 34.8 Å². The van der Waals surface area contributed by atoms with E-state index in [2.05, 4.69) is 0 Å². The van der Waals surface area contributed by atoms with Crippen molar-refractivity contribution in [1.82, 2.24) is 0 Å². The second-order valence-corrected chi connectivity index (χ2v) is 11.2. The summed E-state index contributed by atoms with van der Waals surface area (Å²) in [4.78, 5) is 12.9. The minimum absolute atomic E-state index is 0.117. The molecule has 2 aliphatic carbocycles. The lowest BCUT2D eigenvalue weighted by Crippen LogP contribution is -2.28. The first kappa shape index (κ1) is 30.7. The largest absolute Gasteiger partial charge is 0.491 e. The first-order chi connectivity index (χ1) is 20.6. The number of carbonyl (C=O) groups is 1. The Hall–Kier alpha value is -3.75. The second kappa shape index (κ2) is 12.9. The maximum atomic E-state index is 15.2. The Bertz CT molecular complexity index is 1560. The molecule has 0 radical (unpaired) electrons. The smallest absolute Gasteiger partial charge is 0.309 e. The molecule has 1 fully saturated rings. The van der Waals surface area contributed by atoms with Crippen LogP contribution in [0.2, 0.25) is 0 Å². The van der Waals surface area contributed by atoms with Crippen molar-refractivity contribution in [3.05, 3.63) is 94.1 Å². The maximum absolute atomic E-state index is 15.2. The molecule has 9 heteroatoms. The van der Waals surface area contributed by atoms with Crippen molar-refractivity contribution < 1.29 is 40.6 Å². The molecule has 3 nitrogen and oxygen atoms in total. The Morgan fingerprint density at radius 3 is 2.02 bits per heavy atom. The third-order valence-corrected chi connectivity index (χ3v) is 8.52. The summed E-state index contributed by atoms with van der Waals surface area (Å²) in [6, 6.07) is 8.06. The Morgan fingerprint density at radius 2 is 1.37 bits per heavy atom. The Morgan fingerprint density at radius 1 is 0.744 bits per heavy atom. The number of ether oxygens (including phenoxy) is 2. The summed E-state index contributed by atoms with van der Waals surface area (Å²) in [7, 11) is 0. The van der Waals surface area contributed by atoms with Gasteiger partial charge in [0.05, 0.1) is 12.5 Å². The van der Waals surface area contributed by atoms with Gasteiger partial charge in [0.2, 0.25) is 5.82 Å².